The summed E-state index contributed by atoms with van der Waals surface area (Å²) in [6.45, 7) is 1.29. The zero-order valence-electron chi connectivity index (χ0n) is 14.6. The van der Waals surface area contributed by atoms with E-state index in [1.54, 1.807) is 6.92 Å². The van der Waals surface area contributed by atoms with E-state index in [0.29, 0.717) is 28.7 Å². The van der Waals surface area contributed by atoms with E-state index in [9.17, 15) is 9.90 Å². The number of pyridine rings is 1. The number of carbonyl (C=O) groups excluding carboxylic acids is 1. The lowest BCUT2D eigenvalue weighted by molar-refractivity contribution is 0.111. The minimum Gasteiger partial charge on any atom is -0.505 e. The molecule has 1 aromatic rings. The number of carbonyl (C=O) groups is 1. The van der Waals surface area contributed by atoms with E-state index in [1.165, 1.54) is 38.3 Å². The third-order valence-electron chi connectivity index (χ3n) is 4.21. The van der Waals surface area contributed by atoms with E-state index in [1.807, 2.05) is 7.05 Å². The number of hydrazine groups is 1. The van der Waals surface area contributed by atoms with Gasteiger partial charge in [-0.25, -0.2) is 5.84 Å². The minimum atomic E-state index is -0.297. The summed E-state index contributed by atoms with van der Waals surface area (Å²) in [7, 11) is 2.01. The minimum absolute atomic E-state index is 0. The molecule has 5 N–H and O–H groups in total. The second kappa shape index (κ2) is 12.0. The average molecular weight is 391 g/mol. The molecular weight excluding hydrogens is 364 g/mol. The Hall–Kier alpha value is -1.48. The Morgan fingerprint density at radius 2 is 2.08 bits per heavy atom. The molecular formula is C16H27ClN4O3S. The Kier molecular flexibility index (Phi) is 11.3. The fourth-order valence-corrected chi connectivity index (χ4v) is 2.79. The number of hydrogen-bond donors (Lipinski definition) is 4. The predicted octanol–water partition coefficient (Wildman–Crippen LogP) is 1.82. The number of aliphatic hydroxyl groups is 1. The van der Waals surface area contributed by atoms with Crippen molar-refractivity contribution in [3.63, 3.8) is 0 Å². The van der Waals surface area contributed by atoms with Crippen LogP contribution in [0.1, 0.15) is 53.7 Å². The molecule has 0 amide bonds. The maximum Gasteiger partial charge on any atom is 0.183 e. The second-order valence-electron chi connectivity index (χ2n) is 5.76. The summed E-state index contributed by atoms with van der Waals surface area (Å²) in [6.07, 6.45) is 8.39. The summed E-state index contributed by atoms with van der Waals surface area (Å²) in [5.74, 6) is 5.09. The number of rotatable bonds is 3. The van der Waals surface area contributed by atoms with Gasteiger partial charge in [0.1, 0.15) is 5.75 Å². The summed E-state index contributed by atoms with van der Waals surface area (Å²) in [4.78, 5) is 16.3. The number of thiocarbonyl (C=S) groups is 1. The third-order valence-corrected chi connectivity index (χ3v) is 4.62. The van der Waals surface area contributed by atoms with E-state index in [0.717, 1.165) is 0 Å². The molecule has 0 atom stereocenters. The van der Waals surface area contributed by atoms with Crippen LogP contribution in [0, 0.1) is 6.92 Å². The van der Waals surface area contributed by atoms with Gasteiger partial charge in [0, 0.05) is 24.8 Å². The van der Waals surface area contributed by atoms with Gasteiger partial charge in [-0.05, 0) is 32.0 Å². The summed E-state index contributed by atoms with van der Waals surface area (Å²) in [5, 5.41) is 18.7. The molecule has 0 unspecified atom stereocenters. The topological polar surface area (TPSA) is 112 Å². The monoisotopic (exact) mass is 390 g/mol. The number of nitrogens with two attached hydrogens (primary N) is 1. The molecule has 1 aliphatic carbocycles. The summed E-state index contributed by atoms with van der Waals surface area (Å²) in [5.41, 5.74) is 3.36. The van der Waals surface area contributed by atoms with Gasteiger partial charge in [0.25, 0.3) is 0 Å². The number of aromatic hydroxyl groups is 1. The molecule has 1 aromatic heterocycles. The number of nitrogens with zero attached hydrogens (tertiary/aromatic N) is 2. The van der Waals surface area contributed by atoms with Gasteiger partial charge >= 0.3 is 0 Å². The van der Waals surface area contributed by atoms with Gasteiger partial charge in [-0.15, -0.1) is 12.4 Å². The first-order valence-corrected chi connectivity index (χ1v) is 8.33. The highest BCUT2D eigenvalue weighted by atomic mass is 35.5. The summed E-state index contributed by atoms with van der Waals surface area (Å²) < 4.78 is 0. The zero-order valence-corrected chi connectivity index (χ0v) is 16.2. The van der Waals surface area contributed by atoms with E-state index in [4.69, 9.17) is 23.2 Å². The Morgan fingerprint density at radius 3 is 2.56 bits per heavy atom. The van der Waals surface area contributed by atoms with Gasteiger partial charge in [0.05, 0.1) is 17.9 Å². The second-order valence-corrected chi connectivity index (χ2v) is 6.15. The SMILES string of the molecule is CN(C(=S)NN)C1CCCCC1.Cc1ncc(CO)c(C=O)c1O.Cl. The van der Waals surface area contributed by atoms with Crippen molar-refractivity contribution in [2.45, 2.75) is 51.7 Å². The highest BCUT2D eigenvalue weighted by Crippen LogP contribution is 2.22. The van der Waals surface area contributed by atoms with Crippen molar-refractivity contribution in [1.29, 1.82) is 0 Å². The van der Waals surface area contributed by atoms with Gasteiger partial charge in [-0.1, -0.05) is 19.3 Å². The molecule has 0 saturated heterocycles. The van der Waals surface area contributed by atoms with Crippen molar-refractivity contribution in [2.24, 2.45) is 5.84 Å². The van der Waals surface area contributed by atoms with Crippen molar-refractivity contribution in [2.75, 3.05) is 7.05 Å². The van der Waals surface area contributed by atoms with Gasteiger partial charge < -0.3 is 20.5 Å². The van der Waals surface area contributed by atoms with Crippen molar-refractivity contribution >= 4 is 36.0 Å². The fraction of sp³-hybridized carbons (Fsp3) is 0.562. The van der Waals surface area contributed by atoms with Crippen LogP contribution in [0.2, 0.25) is 0 Å². The Morgan fingerprint density at radius 1 is 1.48 bits per heavy atom. The molecule has 1 heterocycles. The fourth-order valence-electron chi connectivity index (χ4n) is 2.65. The van der Waals surface area contributed by atoms with Gasteiger partial charge in [-0.3, -0.25) is 9.78 Å². The Bertz CT molecular complexity index is 569. The van der Waals surface area contributed by atoms with E-state index >= 15 is 0 Å². The van der Waals surface area contributed by atoms with Crippen LogP contribution in [0.25, 0.3) is 0 Å². The Labute approximate surface area is 160 Å². The van der Waals surface area contributed by atoms with Crippen molar-refractivity contribution < 1.29 is 15.0 Å². The van der Waals surface area contributed by atoms with Crippen molar-refractivity contribution in [1.82, 2.24) is 15.3 Å². The van der Waals surface area contributed by atoms with Crippen LogP contribution in [0.3, 0.4) is 0 Å². The molecule has 0 aromatic carbocycles. The molecule has 0 radical (unpaired) electrons. The van der Waals surface area contributed by atoms with Crippen LogP contribution in [0.15, 0.2) is 6.20 Å². The number of nitrogens with one attached hydrogen (secondary N) is 1. The molecule has 0 aliphatic heterocycles. The lowest BCUT2D eigenvalue weighted by Gasteiger charge is -2.32. The standard InChI is InChI=1S/C8H17N3S.C8H9NO3.ClH/c1-11(8(12)10-9)7-5-3-2-4-6-7;1-5-8(12)7(4-11)6(3-10)2-9-5;/h7H,2-6,9H2,1H3,(H,10,12);2,4,10,12H,3H2,1H3;1H. The van der Waals surface area contributed by atoms with Crippen LogP contribution in [-0.2, 0) is 6.61 Å². The first-order valence-electron chi connectivity index (χ1n) is 7.93. The number of aryl methyl sites for hydroxylation is 1. The number of aldehydes is 1. The van der Waals surface area contributed by atoms with Crippen molar-refractivity contribution in [3.05, 3.63) is 23.0 Å². The number of aromatic nitrogens is 1. The molecule has 7 nitrogen and oxygen atoms in total. The predicted molar refractivity (Wildman–Crippen MR) is 104 cm³/mol. The zero-order chi connectivity index (χ0) is 18.1. The van der Waals surface area contributed by atoms with Crippen LogP contribution in [0.5, 0.6) is 5.75 Å². The molecule has 1 aliphatic rings. The third kappa shape index (κ3) is 6.74. The van der Waals surface area contributed by atoms with Crippen LogP contribution in [-0.4, -0.2) is 44.6 Å². The smallest absolute Gasteiger partial charge is 0.183 e. The normalized spacial score (nSPS) is 13.8. The van der Waals surface area contributed by atoms with E-state index in [-0.39, 0.29) is 30.3 Å². The van der Waals surface area contributed by atoms with Crippen LogP contribution < -0.4 is 11.3 Å². The molecule has 2 rings (SSSR count). The highest BCUT2D eigenvalue weighted by Gasteiger charge is 2.19. The lowest BCUT2D eigenvalue weighted by atomic mass is 9.95. The van der Waals surface area contributed by atoms with Crippen LogP contribution in [0.4, 0.5) is 0 Å². The Balaban J connectivity index is 0.000000443. The first-order chi connectivity index (χ1) is 11.5. The lowest BCUT2D eigenvalue weighted by Crippen LogP contribution is -2.46. The number of aliphatic hydroxyl groups excluding tert-OH is 1. The van der Waals surface area contributed by atoms with E-state index < -0.39 is 0 Å². The first kappa shape index (κ1) is 23.5. The molecule has 1 saturated carbocycles. The summed E-state index contributed by atoms with van der Waals surface area (Å²) >= 11 is 5.05. The maximum atomic E-state index is 10.5. The summed E-state index contributed by atoms with van der Waals surface area (Å²) in [6, 6.07) is 0.599. The molecule has 0 spiro atoms. The highest BCUT2D eigenvalue weighted by molar-refractivity contribution is 7.80. The van der Waals surface area contributed by atoms with Gasteiger partial charge in [0.2, 0.25) is 0 Å². The van der Waals surface area contributed by atoms with Gasteiger partial charge in [0.15, 0.2) is 11.4 Å². The van der Waals surface area contributed by atoms with Gasteiger partial charge in [-0.2, -0.15) is 0 Å². The molecule has 9 heteroatoms. The molecule has 0 bridgehead atoms. The molecule has 25 heavy (non-hydrogen) atoms. The number of halogens is 1. The number of hydrogen-bond acceptors (Lipinski definition) is 6. The molecule has 1 fully saturated rings. The van der Waals surface area contributed by atoms with Crippen LogP contribution >= 0.6 is 24.6 Å². The quantitative estimate of drug-likeness (QED) is 0.267. The molecule has 142 valence electrons. The maximum absolute atomic E-state index is 10.5. The van der Waals surface area contributed by atoms with E-state index in [2.05, 4.69) is 15.3 Å². The van der Waals surface area contributed by atoms with Crippen molar-refractivity contribution in [3.8, 4) is 5.75 Å². The largest absolute Gasteiger partial charge is 0.505 e. The average Bonchev–Trinajstić information content (AvgIpc) is 2.63.